The molecule has 4 aromatic rings. The van der Waals surface area contributed by atoms with Crippen LogP contribution >= 0.6 is 23.2 Å². The van der Waals surface area contributed by atoms with Crippen molar-refractivity contribution in [3.8, 4) is 33.6 Å². The first-order valence-electron chi connectivity index (χ1n) is 14.9. The second-order valence-corrected chi connectivity index (χ2v) is 12.7. The summed E-state index contributed by atoms with van der Waals surface area (Å²) in [6.45, 7) is 2.54. The van der Waals surface area contributed by atoms with E-state index >= 15 is 0 Å². The maximum atomic E-state index is 12.7. The molecule has 2 heterocycles. The van der Waals surface area contributed by atoms with Crippen LogP contribution in [0.25, 0.3) is 33.6 Å². The van der Waals surface area contributed by atoms with Crippen molar-refractivity contribution in [3.05, 3.63) is 70.1 Å². The normalized spacial score (nSPS) is 16.4. The summed E-state index contributed by atoms with van der Waals surface area (Å²) in [5.41, 5.74) is 3.89. The van der Waals surface area contributed by atoms with E-state index in [2.05, 4.69) is 20.9 Å². The highest BCUT2D eigenvalue weighted by Crippen LogP contribution is 2.40. The molecule has 2 N–H and O–H groups in total. The first kappa shape index (κ1) is 29.5. The van der Waals surface area contributed by atoms with Crippen LogP contribution in [0, 0.1) is 11.3 Å². The van der Waals surface area contributed by atoms with E-state index in [1.165, 1.54) is 0 Å². The summed E-state index contributed by atoms with van der Waals surface area (Å²) < 4.78 is 11.1. The summed E-state index contributed by atoms with van der Waals surface area (Å²) >= 11 is 13.3. The third kappa shape index (κ3) is 6.36. The van der Waals surface area contributed by atoms with Crippen LogP contribution in [0.5, 0.6) is 0 Å². The zero-order chi connectivity index (χ0) is 30.0. The summed E-state index contributed by atoms with van der Waals surface area (Å²) in [5.74, 6) is 1.28. The van der Waals surface area contributed by atoms with Crippen molar-refractivity contribution in [2.24, 2.45) is 11.3 Å². The van der Waals surface area contributed by atoms with Crippen LogP contribution in [-0.4, -0.2) is 22.1 Å². The van der Waals surface area contributed by atoms with Crippen LogP contribution in [0.3, 0.4) is 0 Å². The number of nitrogens with zero attached hydrogens (tertiary/aromatic N) is 2. The van der Waals surface area contributed by atoms with Crippen molar-refractivity contribution >= 4 is 35.0 Å². The minimum absolute atomic E-state index is 0.0451. The number of aromatic nitrogens is 2. The molecule has 2 aliphatic rings. The van der Waals surface area contributed by atoms with Crippen LogP contribution < -0.4 is 10.6 Å². The van der Waals surface area contributed by atoms with Gasteiger partial charge in [-0.1, -0.05) is 84.3 Å². The van der Waals surface area contributed by atoms with Gasteiger partial charge in [-0.15, -0.1) is 0 Å². The van der Waals surface area contributed by atoms with E-state index in [9.17, 15) is 9.59 Å². The summed E-state index contributed by atoms with van der Waals surface area (Å²) in [4.78, 5) is 25.2. The summed E-state index contributed by atoms with van der Waals surface area (Å²) in [5, 5.41) is 15.5. The zero-order valence-corrected chi connectivity index (χ0v) is 25.6. The van der Waals surface area contributed by atoms with E-state index in [-0.39, 0.29) is 36.2 Å². The molecule has 224 valence electrons. The van der Waals surface area contributed by atoms with Gasteiger partial charge in [0.1, 0.15) is 11.4 Å². The van der Waals surface area contributed by atoms with Gasteiger partial charge in [0.2, 0.25) is 11.8 Å². The lowest BCUT2D eigenvalue weighted by Crippen LogP contribution is -2.36. The number of amides is 2. The van der Waals surface area contributed by atoms with Crippen LogP contribution in [0.1, 0.15) is 69.8 Å². The number of rotatable bonds is 9. The van der Waals surface area contributed by atoms with Gasteiger partial charge in [0.25, 0.3) is 0 Å². The Labute approximate surface area is 260 Å². The van der Waals surface area contributed by atoms with E-state index in [0.717, 1.165) is 62.5 Å². The standard InChI is InChI=1S/C33H34Cl2N4O4/c1-33(13-4-5-14-33)32(41)37-19-22-16-28(38-42-22)25-15-21(11-12-26(25)34)24-9-6-10-27(35)30(24)29-17-23(43-39-29)18-36-31(40)20-7-2-3-8-20/h6,9-12,15-17,20H,2-5,7-8,13-14,18-19H2,1H3,(H,36,40)(H,37,41). The molecule has 2 amide bonds. The van der Waals surface area contributed by atoms with Crippen molar-refractivity contribution in [2.75, 3.05) is 0 Å². The molecule has 0 aliphatic heterocycles. The second kappa shape index (κ2) is 12.5. The first-order valence-corrected chi connectivity index (χ1v) is 15.6. The molecule has 6 rings (SSSR count). The number of nitrogens with one attached hydrogen (secondary N) is 2. The Morgan fingerprint density at radius 3 is 2.26 bits per heavy atom. The van der Waals surface area contributed by atoms with Crippen LogP contribution in [0.15, 0.2) is 57.6 Å². The van der Waals surface area contributed by atoms with Gasteiger partial charge in [0.15, 0.2) is 11.5 Å². The molecular formula is C33H34Cl2N4O4. The highest BCUT2D eigenvalue weighted by atomic mass is 35.5. The number of hydrogen-bond donors (Lipinski definition) is 2. The van der Waals surface area contributed by atoms with Gasteiger partial charge < -0.3 is 19.7 Å². The Bertz CT molecular complexity index is 1630. The number of halogens is 2. The number of hydrogen-bond acceptors (Lipinski definition) is 6. The molecule has 2 aromatic heterocycles. The Balaban J connectivity index is 1.21. The average molecular weight is 622 g/mol. The lowest BCUT2D eigenvalue weighted by atomic mass is 9.88. The monoisotopic (exact) mass is 620 g/mol. The summed E-state index contributed by atoms with van der Waals surface area (Å²) in [6.07, 6.45) is 8.04. The molecule has 2 fully saturated rings. The molecule has 2 aliphatic carbocycles. The van der Waals surface area contributed by atoms with Crippen molar-refractivity contribution < 1.29 is 18.6 Å². The Morgan fingerprint density at radius 1 is 0.837 bits per heavy atom. The van der Waals surface area contributed by atoms with Crippen molar-refractivity contribution in [1.29, 1.82) is 0 Å². The highest BCUT2D eigenvalue weighted by molar-refractivity contribution is 6.34. The molecule has 0 atom stereocenters. The number of carbonyl (C=O) groups is 2. The summed E-state index contributed by atoms with van der Waals surface area (Å²) in [7, 11) is 0. The van der Waals surface area contributed by atoms with Gasteiger partial charge in [0.05, 0.1) is 23.1 Å². The zero-order valence-electron chi connectivity index (χ0n) is 24.1. The topological polar surface area (TPSA) is 110 Å². The minimum Gasteiger partial charge on any atom is -0.359 e. The van der Waals surface area contributed by atoms with Gasteiger partial charge in [-0.25, -0.2) is 0 Å². The van der Waals surface area contributed by atoms with Gasteiger partial charge in [0, 0.05) is 34.6 Å². The van der Waals surface area contributed by atoms with E-state index in [1.807, 2.05) is 31.2 Å². The molecule has 0 unspecified atom stereocenters. The largest absolute Gasteiger partial charge is 0.359 e. The van der Waals surface area contributed by atoms with E-state index in [0.29, 0.717) is 44.1 Å². The minimum atomic E-state index is -0.316. The Morgan fingerprint density at radius 2 is 1.51 bits per heavy atom. The SMILES string of the molecule is CC1(C(=O)NCc2cc(-c3cc(-c4cccc(Cl)c4-c4cc(CNC(=O)C5CCCC5)on4)ccc3Cl)no2)CCCC1. The van der Waals surface area contributed by atoms with Gasteiger partial charge in [-0.05, 0) is 55.0 Å². The lowest BCUT2D eigenvalue weighted by Gasteiger charge is -2.21. The third-order valence-corrected chi connectivity index (χ3v) is 9.43. The van der Waals surface area contributed by atoms with Crippen molar-refractivity contribution in [3.63, 3.8) is 0 Å². The number of carbonyl (C=O) groups excluding carboxylic acids is 2. The Hall–Kier alpha value is -3.62. The van der Waals surface area contributed by atoms with Crippen LogP contribution in [0.2, 0.25) is 10.0 Å². The molecule has 43 heavy (non-hydrogen) atoms. The summed E-state index contributed by atoms with van der Waals surface area (Å²) in [6, 6.07) is 14.9. The van der Waals surface area contributed by atoms with Gasteiger partial charge in [-0.2, -0.15) is 0 Å². The fourth-order valence-corrected chi connectivity index (χ4v) is 6.71. The van der Waals surface area contributed by atoms with Crippen LogP contribution in [-0.2, 0) is 22.7 Å². The quantitative estimate of drug-likeness (QED) is 0.196. The molecule has 0 spiro atoms. The van der Waals surface area contributed by atoms with E-state index in [1.54, 1.807) is 24.3 Å². The maximum absolute atomic E-state index is 12.7. The van der Waals surface area contributed by atoms with Crippen LogP contribution in [0.4, 0.5) is 0 Å². The highest BCUT2D eigenvalue weighted by Gasteiger charge is 2.36. The van der Waals surface area contributed by atoms with Gasteiger partial charge >= 0.3 is 0 Å². The number of benzene rings is 2. The lowest BCUT2D eigenvalue weighted by molar-refractivity contribution is -0.130. The molecule has 0 bridgehead atoms. The first-order chi connectivity index (χ1) is 20.8. The second-order valence-electron chi connectivity index (χ2n) is 11.9. The van der Waals surface area contributed by atoms with Gasteiger partial charge in [-0.3, -0.25) is 9.59 Å². The predicted molar refractivity (Wildman–Crippen MR) is 165 cm³/mol. The fourth-order valence-electron chi connectivity index (χ4n) is 6.22. The van der Waals surface area contributed by atoms with E-state index < -0.39 is 0 Å². The molecule has 8 nitrogen and oxygen atoms in total. The molecule has 0 radical (unpaired) electrons. The van der Waals surface area contributed by atoms with Crippen molar-refractivity contribution in [2.45, 2.75) is 71.4 Å². The molecule has 2 saturated carbocycles. The third-order valence-electron chi connectivity index (χ3n) is 8.78. The molecule has 2 aromatic carbocycles. The predicted octanol–water partition coefficient (Wildman–Crippen LogP) is 7.97. The molecule has 0 saturated heterocycles. The molecule has 10 heteroatoms. The average Bonchev–Trinajstić information content (AvgIpc) is 3.83. The van der Waals surface area contributed by atoms with E-state index in [4.69, 9.17) is 32.2 Å². The fraction of sp³-hybridized carbons (Fsp3) is 0.394. The molecular weight excluding hydrogens is 587 g/mol. The van der Waals surface area contributed by atoms with Crippen molar-refractivity contribution in [1.82, 2.24) is 20.9 Å². The maximum Gasteiger partial charge on any atom is 0.226 e. The smallest absolute Gasteiger partial charge is 0.226 e. The Kier molecular flexibility index (Phi) is 8.59.